The zero-order valence-corrected chi connectivity index (χ0v) is 11.2. The smallest absolute Gasteiger partial charge is 0.103 e. The topological polar surface area (TPSA) is 28.7 Å². The first kappa shape index (κ1) is 11.2. The number of hydrogen-bond donors (Lipinski definition) is 1. The molecule has 0 aliphatic carbocycles. The summed E-state index contributed by atoms with van der Waals surface area (Å²) in [5, 5.41) is 0. The van der Waals surface area contributed by atoms with Gasteiger partial charge in [-0.1, -0.05) is 24.3 Å². The van der Waals surface area contributed by atoms with Crippen LogP contribution in [0.15, 0.2) is 42.6 Å². The quantitative estimate of drug-likeness (QED) is 0.720. The van der Waals surface area contributed by atoms with Crippen molar-refractivity contribution in [2.24, 2.45) is 0 Å². The van der Waals surface area contributed by atoms with Crippen molar-refractivity contribution in [3.63, 3.8) is 0 Å². The third kappa shape index (κ3) is 2.09. The Balaban J connectivity index is 1.94. The number of thiophene rings is 1. The third-order valence-corrected chi connectivity index (χ3v) is 3.96. The number of hydrogen-bond acceptors (Lipinski definition) is 2. The number of imidazole rings is 1. The number of nitrogens with one attached hydrogen (secondary N) is 1. The molecule has 0 saturated carbocycles. The molecule has 0 fully saturated rings. The molecule has 0 bridgehead atoms. The van der Waals surface area contributed by atoms with Gasteiger partial charge in [-0.15, -0.1) is 11.3 Å². The van der Waals surface area contributed by atoms with Crippen LogP contribution < -0.4 is 0 Å². The Bertz CT molecular complexity index is 603. The van der Waals surface area contributed by atoms with E-state index in [0.717, 1.165) is 17.1 Å². The van der Waals surface area contributed by atoms with Gasteiger partial charge in [-0.05, 0) is 31.5 Å². The highest BCUT2D eigenvalue weighted by Crippen LogP contribution is 2.29. The van der Waals surface area contributed by atoms with Crippen LogP contribution in [-0.2, 0) is 0 Å². The second-order valence-electron chi connectivity index (χ2n) is 4.36. The highest BCUT2D eigenvalue weighted by atomic mass is 32.1. The van der Waals surface area contributed by atoms with E-state index < -0.39 is 0 Å². The molecule has 0 saturated heterocycles. The maximum absolute atomic E-state index is 4.43. The van der Waals surface area contributed by atoms with E-state index in [1.54, 1.807) is 0 Å². The van der Waals surface area contributed by atoms with E-state index >= 15 is 0 Å². The van der Waals surface area contributed by atoms with Crippen LogP contribution in [0.1, 0.15) is 10.7 Å². The molecule has 0 radical (unpaired) electrons. The number of H-pyrrole nitrogens is 1. The number of aryl methyl sites for hydroxylation is 2. The van der Waals surface area contributed by atoms with Gasteiger partial charge in [-0.3, -0.25) is 0 Å². The van der Waals surface area contributed by atoms with Gasteiger partial charge in [0, 0.05) is 21.5 Å². The predicted molar refractivity (Wildman–Crippen MR) is 76.8 cm³/mol. The Morgan fingerprint density at radius 2 is 1.67 bits per heavy atom. The summed E-state index contributed by atoms with van der Waals surface area (Å²) in [5.74, 6) is 0.947. The van der Waals surface area contributed by atoms with E-state index in [4.69, 9.17) is 0 Å². The molecule has 0 aliphatic rings. The largest absolute Gasteiger partial charge is 0.348 e. The van der Waals surface area contributed by atoms with Gasteiger partial charge < -0.3 is 4.98 Å². The lowest BCUT2D eigenvalue weighted by Crippen LogP contribution is -1.79. The zero-order chi connectivity index (χ0) is 12.5. The van der Waals surface area contributed by atoms with Crippen molar-refractivity contribution in [1.82, 2.24) is 9.97 Å². The Morgan fingerprint density at radius 1 is 0.944 bits per heavy atom. The second-order valence-corrected chi connectivity index (χ2v) is 5.65. The lowest BCUT2D eigenvalue weighted by Gasteiger charge is -2.00. The van der Waals surface area contributed by atoms with Crippen LogP contribution in [0, 0.1) is 13.8 Å². The lowest BCUT2D eigenvalue weighted by molar-refractivity contribution is 1.15. The minimum atomic E-state index is 0.947. The molecule has 90 valence electrons. The zero-order valence-electron chi connectivity index (χ0n) is 10.4. The number of nitrogens with zero attached hydrogens (tertiary/aromatic N) is 1. The summed E-state index contributed by atoms with van der Waals surface area (Å²) in [4.78, 5) is 10.2. The van der Waals surface area contributed by atoms with Crippen molar-refractivity contribution in [1.29, 1.82) is 0 Å². The highest BCUT2D eigenvalue weighted by Gasteiger charge is 2.04. The molecule has 2 nitrogen and oxygen atoms in total. The van der Waals surface area contributed by atoms with Crippen molar-refractivity contribution in [3.8, 4) is 21.7 Å². The summed E-state index contributed by atoms with van der Waals surface area (Å²) >= 11 is 1.82. The van der Waals surface area contributed by atoms with Crippen LogP contribution in [0.2, 0.25) is 0 Å². The van der Waals surface area contributed by atoms with Gasteiger partial charge in [0.05, 0.1) is 5.69 Å². The second kappa shape index (κ2) is 4.42. The van der Waals surface area contributed by atoms with Crippen LogP contribution in [0.4, 0.5) is 0 Å². The number of aromatic amines is 1. The summed E-state index contributed by atoms with van der Waals surface area (Å²) < 4.78 is 0. The van der Waals surface area contributed by atoms with E-state index in [-0.39, 0.29) is 0 Å². The van der Waals surface area contributed by atoms with Gasteiger partial charge in [0.25, 0.3) is 0 Å². The molecule has 18 heavy (non-hydrogen) atoms. The normalized spacial score (nSPS) is 10.8. The first-order valence-electron chi connectivity index (χ1n) is 5.91. The molecule has 0 atom stereocenters. The van der Waals surface area contributed by atoms with Gasteiger partial charge in [-0.25, -0.2) is 4.98 Å². The van der Waals surface area contributed by atoms with Gasteiger partial charge >= 0.3 is 0 Å². The molecule has 3 heteroatoms. The molecule has 3 rings (SSSR count). The molecule has 0 spiro atoms. The van der Waals surface area contributed by atoms with E-state index in [1.165, 1.54) is 15.3 Å². The van der Waals surface area contributed by atoms with Crippen molar-refractivity contribution in [2.45, 2.75) is 13.8 Å². The summed E-state index contributed by atoms with van der Waals surface area (Å²) in [7, 11) is 0. The van der Waals surface area contributed by atoms with Crippen molar-refractivity contribution in [3.05, 3.63) is 53.3 Å². The van der Waals surface area contributed by atoms with Gasteiger partial charge in [0.2, 0.25) is 0 Å². The number of benzene rings is 1. The fourth-order valence-corrected chi connectivity index (χ4v) is 2.83. The number of rotatable bonds is 2. The van der Waals surface area contributed by atoms with Crippen LogP contribution in [0.3, 0.4) is 0 Å². The van der Waals surface area contributed by atoms with Gasteiger partial charge in [0.15, 0.2) is 0 Å². The highest BCUT2D eigenvalue weighted by molar-refractivity contribution is 7.15. The fraction of sp³-hybridized carbons (Fsp3) is 0.133. The van der Waals surface area contributed by atoms with Gasteiger partial charge in [-0.2, -0.15) is 0 Å². The molecule has 0 unspecified atom stereocenters. The molecule has 2 aromatic heterocycles. The fourth-order valence-electron chi connectivity index (χ4n) is 1.96. The van der Waals surface area contributed by atoms with E-state index in [1.807, 2.05) is 24.5 Å². The number of aromatic nitrogens is 2. The average Bonchev–Trinajstić information content (AvgIpc) is 2.98. The van der Waals surface area contributed by atoms with Crippen LogP contribution >= 0.6 is 11.3 Å². The summed E-state index contributed by atoms with van der Waals surface area (Å²) in [5.41, 5.74) is 3.42. The third-order valence-electron chi connectivity index (χ3n) is 2.91. The van der Waals surface area contributed by atoms with Crippen molar-refractivity contribution < 1.29 is 0 Å². The summed E-state index contributed by atoms with van der Waals surface area (Å²) in [6.07, 6.45) is 1.94. The first-order valence-corrected chi connectivity index (χ1v) is 6.73. The van der Waals surface area contributed by atoms with Gasteiger partial charge in [0.1, 0.15) is 5.82 Å². The maximum Gasteiger partial charge on any atom is 0.103 e. The standard InChI is InChI=1S/C15H14N2S/c1-10-3-8-15(18-10)13-6-4-12(5-7-13)14-9-16-11(2)17-14/h3-9H,1-2H3,(H,16,17). The minimum Gasteiger partial charge on any atom is -0.348 e. The SMILES string of the molecule is Cc1nc(-c2ccc(-c3ccc(C)s3)cc2)c[nH]1. The molecular weight excluding hydrogens is 240 g/mol. The van der Waals surface area contributed by atoms with E-state index in [0.29, 0.717) is 0 Å². The van der Waals surface area contributed by atoms with E-state index in [2.05, 4.69) is 53.3 Å². The Kier molecular flexibility index (Phi) is 2.76. The van der Waals surface area contributed by atoms with Crippen LogP contribution in [-0.4, -0.2) is 9.97 Å². The molecule has 1 aromatic carbocycles. The Morgan fingerprint density at radius 3 is 2.22 bits per heavy atom. The monoisotopic (exact) mass is 254 g/mol. The van der Waals surface area contributed by atoms with E-state index in [9.17, 15) is 0 Å². The summed E-state index contributed by atoms with van der Waals surface area (Å²) in [6, 6.07) is 12.9. The summed E-state index contributed by atoms with van der Waals surface area (Å²) in [6.45, 7) is 4.10. The molecule has 2 heterocycles. The van der Waals surface area contributed by atoms with Crippen LogP contribution in [0.25, 0.3) is 21.7 Å². The van der Waals surface area contributed by atoms with Crippen LogP contribution in [0.5, 0.6) is 0 Å². The average molecular weight is 254 g/mol. The minimum absolute atomic E-state index is 0.947. The molecule has 3 aromatic rings. The Hall–Kier alpha value is -1.87. The molecule has 0 aliphatic heterocycles. The van der Waals surface area contributed by atoms with Crippen molar-refractivity contribution >= 4 is 11.3 Å². The first-order chi connectivity index (χ1) is 8.72. The predicted octanol–water partition coefficient (Wildman–Crippen LogP) is 4.42. The Labute approximate surface area is 110 Å². The maximum atomic E-state index is 4.43. The molecular formula is C15H14N2S. The molecule has 1 N–H and O–H groups in total. The lowest BCUT2D eigenvalue weighted by atomic mass is 10.1. The molecule has 0 amide bonds. The van der Waals surface area contributed by atoms with Crippen molar-refractivity contribution in [2.75, 3.05) is 0 Å².